The maximum atomic E-state index is 13.3. The number of ketones is 2. The highest BCUT2D eigenvalue weighted by atomic mass is 31.3. The number of nitrogens with zero attached hydrogens (tertiary/aromatic N) is 8. The molecule has 12 N–H and O–H groups in total. The highest BCUT2D eigenvalue weighted by Crippen LogP contribution is 2.59. The number of phosphoric acid groups is 6. The lowest BCUT2D eigenvalue weighted by atomic mass is 9.81. The van der Waals surface area contributed by atoms with Crippen LogP contribution in [0.1, 0.15) is 155 Å². The van der Waals surface area contributed by atoms with Crippen molar-refractivity contribution in [2.45, 2.75) is 206 Å². The van der Waals surface area contributed by atoms with Crippen LogP contribution in [0.3, 0.4) is 0 Å². The number of phosphoric ester groups is 6. The lowest BCUT2D eigenvalue weighted by molar-refractivity contribution is -0.348. The van der Waals surface area contributed by atoms with E-state index in [1.165, 1.54) is 33.3 Å². The first-order valence-electron chi connectivity index (χ1n) is 37.6. The number of aromatic nitrogens is 8. The molecule has 0 radical (unpaired) electrons. The fourth-order valence-electron chi connectivity index (χ4n) is 12.9. The third kappa shape index (κ3) is 29.1. The third-order valence-corrected chi connectivity index (χ3v) is 26.1. The fraction of sp³-hybridized carbons (Fsp3) is 0.667. The molecule has 4 amide bonds. The van der Waals surface area contributed by atoms with Crippen molar-refractivity contribution in [1.29, 1.82) is 0 Å². The minimum Gasteiger partial charge on any atom is -0.790 e. The van der Waals surface area contributed by atoms with Crippen LogP contribution in [-0.2, 0) is 114 Å². The molecule has 4 aromatic heterocycles. The summed E-state index contributed by atoms with van der Waals surface area (Å²) in [7, 11) is -35.6. The molecule has 14 unspecified atom stereocenters. The number of aliphatic hydroxyl groups is 4. The Balaban J connectivity index is 0.620. The molecule has 48 nitrogen and oxygen atoms in total. The number of rotatable bonds is 52. The summed E-state index contributed by atoms with van der Waals surface area (Å²) in [5.41, 5.74) is 9.21. The van der Waals surface area contributed by atoms with E-state index in [2.05, 4.69) is 111 Å². The molecule has 8 rings (SSSR count). The van der Waals surface area contributed by atoms with Crippen molar-refractivity contribution in [3.8, 4) is 0 Å². The standard InChI is InChI=1S/C66H104N14O34P6/c1-63(2,43(81)19-27-69-45(83)21-29-71-59(89)53(87)64(3,4)33-107-119(101,102)113-117(97,98)105-31-41-51(111-115(91,92)93)49(85)61(109-41)79-37-77-47-55(67)73-35-75-57(47)79)23-11-8-7-9-13-39-15-17-40(18-16-39)14-10-12-24-66(25-26-66)44(82)20-28-70-46(84)22-30-72-60(90)54(88)65(5,6)34-108-120(103,104)114-118(99,100)106-32-42-52(112-116(94,95)96)50(86)62(110-42)80-38-78-48-56(68)74-36-76-58(48)80/h15-18,35-38,41-42,49-54,61-62,85-88H,7-14,19-34H2,1-6H3,(H,69,83)(H,70,84)(H,71,89)(H,72,90)(H,97,98)(H,99,100)(H,101,102)(H,103,104)(H2,67,73,75)(H2,68,74,76)(H2,91,92,93)(H2,94,95,96)/p-8. The summed E-state index contributed by atoms with van der Waals surface area (Å²) in [6, 6.07) is 8.39. The van der Waals surface area contributed by atoms with Gasteiger partial charge in [0.05, 0.1) is 54.7 Å². The van der Waals surface area contributed by atoms with Gasteiger partial charge in [0.2, 0.25) is 23.6 Å². The average Bonchev–Trinajstić information content (AvgIpc) is 1.62. The van der Waals surface area contributed by atoms with E-state index in [1.54, 1.807) is 0 Å². The van der Waals surface area contributed by atoms with Crippen molar-refractivity contribution < 1.29 is 161 Å². The molecule has 1 aromatic carbocycles. The van der Waals surface area contributed by atoms with Gasteiger partial charge in [0, 0.05) is 73.5 Å². The molecule has 54 heteroatoms. The van der Waals surface area contributed by atoms with E-state index in [9.17, 15) is 116 Å². The van der Waals surface area contributed by atoms with Gasteiger partial charge in [0.25, 0.3) is 31.3 Å². The van der Waals surface area contributed by atoms with Crippen molar-refractivity contribution in [3.63, 3.8) is 0 Å². The topological polar surface area (TPSA) is 750 Å². The molecule has 5 aromatic rings. The smallest absolute Gasteiger partial charge is 0.274 e. The highest BCUT2D eigenvalue weighted by molar-refractivity contribution is 7.60. The molecule has 3 aliphatic rings. The van der Waals surface area contributed by atoms with Crippen LogP contribution in [-0.4, -0.2) is 196 Å². The SMILES string of the molecule is CC(C)(CCCCCCc1ccc(CCCCC2(C(=O)CCNC(=O)CCNC(=O)C(O)C(C)(C)COP(=O)([O-])OP(=O)([O-])OCC3OC(n4cnc5c(N)ncnc54)C(O)C3OP(=O)([O-])[O-])CC2)cc1)C(=O)CCNC(=O)CCNC(=O)C(O)C(C)(C)COP(=O)([O-])OP(=O)([O-])OCC1OC(n2cnc3c(N)ncnc32)C(O)C1OP(=O)([O-])[O-]. The molecule has 14 atom stereocenters. The number of benzene rings is 1. The van der Waals surface area contributed by atoms with Gasteiger partial charge < -0.3 is 138 Å². The van der Waals surface area contributed by atoms with Crippen LogP contribution < -0.4 is 71.9 Å². The van der Waals surface area contributed by atoms with Crippen LogP contribution in [0.2, 0.25) is 0 Å². The number of unbranched alkanes of at least 4 members (excludes halogenated alkanes) is 4. The molecule has 2 saturated heterocycles. The normalized spacial score (nSPS) is 22.2. The number of ether oxygens (including phenoxy) is 2. The van der Waals surface area contributed by atoms with Crippen LogP contribution >= 0.6 is 46.9 Å². The second-order valence-corrected chi connectivity index (χ2v) is 39.0. The van der Waals surface area contributed by atoms with Crippen LogP contribution in [0.5, 0.6) is 0 Å². The van der Waals surface area contributed by atoms with E-state index in [0.717, 1.165) is 104 Å². The number of carbonyl (C=O) groups excluding carboxylic acids is 6. The van der Waals surface area contributed by atoms with Gasteiger partial charge in [-0.15, -0.1) is 0 Å². The number of hydrogen-bond donors (Lipinski definition) is 10. The van der Waals surface area contributed by atoms with E-state index in [-0.39, 0.29) is 97.4 Å². The number of nitrogens with one attached hydrogen (secondary N) is 4. The number of nitrogens with two attached hydrogens (primary N) is 2. The Bertz CT molecular complexity index is 4700. The van der Waals surface area contributed by atoms with E-state index in [4.69, 9.17) is 20.9 Å². The van der Waals surface area contributed by atoms with Gasteiger partial charge in [-0.3, -0.25) is 56.2 Å². The second kappa shape index (κ2) is 41.6. The molecule has 2 aliphatic heterocycles. The van der Waals surface area contributed by atoms with Crippen LogP contribution in [0.25, 0.3) is 22.3 Å². The van der Waals surface area contributed by atoms with Gasteiger partial charge in [-0.05, 0) is 62.5 Å². The Kier molecular flexibility index (Phi) is 34.4. The van der Waals surface area contributed by atoms with Crippen LogP contribution in [0.15, 0.2) is 49.6 Å². The summed E-state index contributed by atoms with van der Waals surface area (Å²) in [5, 5.41) is 53.3. The first-order valence-corrected chi connectivity index (χ1v) is 46.4. The quantitative estimate of drug-likeness (QED) is 0.0141. The Labute approximate surface area is 686 Å². The molecular weight excluding hydrogens is 1720 g/mol. The van der Waals surface area contributed by atoms with Gasteiger partial charge in [-0.25, -0.2) is 38.5 Å². The molecule has 120 heavy (non-hydrogen) atoms. The number of nitrogen functional groups attached to an aromatic ring is 2. The minimum absolute atomic E-state index is 0.0147. The highest BCUT2D eigenvalue weighted by Gasteiger charge is 2.51. The van der Waals surface area contributed by atoms with Crippen LogP contribution in [0, 0.1) is 21.7 Å². The van der Waals surface area contributed by atoms with Crippen LogP contribution in [0.4, 0.5) is 11.6 Å². The number of aryl methyl sites for hydroxylation is 2. The minimum atomic E-state index is -5.98. The number of fused-ring (bicyclic) bond motifs is 2. The van der Waals surface area contributed by atoms with E-state index < -0.39 is 180 Å². The number of hydrogen-bond acceptors (Lipinski definition) is 42. The first kappa shape index (κ1) is 99.1. The lowest BCUT2D eigenvalue weighted by Crippen LogP contribution is -2.46. The zero-order valence-corrected chi connectivity index (χ0v) is 71.2. The van der Waals surface area contributed by atoms with Crippen molar-refractivity contribution in [1.82, 2.24) is 60.3 Å². The Morgan fingerprint density at radius 1 is 0.533 bits per heavy atom. The predicted octanol–water partition coefficient (Wildman–Crippen LogP) is -2.60. The maximum absolute atomic E-state index is 13.3. The molecule has 672 valence electrons. The van der Waals surface area contributed by atoms with Gasteiger partial charge in [-0.2, -0.15) is 0 Å². The molecule has 0 bridgehead atoms. The van der Waals surface area contributed by atoms with Gasteiger partial charge in [0.1, 0.15) is 84.1 Å². The van der Waals surface area contributed by atoms with Gasteiger partial charge in [-0.1, -0.05) is 91.5 Å². The summed E-state index contributed by atoms with van der Waals surface area (Å²) in [6.45, 7) is 3.17. The van der Waals surface area contributed by atoms with Crippen molar-refractivity contribution in [2.75, 3.05) is 64.1 Å². The van der Waals surface area contributed by atoms with Crippen molar-refractivity contribution >= 4 is 116 Å². The maximum Gasteiger partial charge on any atom is 0.274 e. The van der Waals surface area contributed by atoms with Gasteiger partial charge in [0.15, 0.2) is 35.4 Å². The molecule has 6 heterocycles. The Hall–Kier alpha value is -6.36. The molecule has 1 saturated carbocycles. The average molecular weight is 1820 g/mol. The largest absolute Gasteiger partial charge is 0.790 e. The molecule has 1 aliphatic carbocycles. The first-order chi connectivity index (χ1) is 55.8. The third-order valence-electron chi connectivity index (χ3n) is 20.1. The zero-order valence-electron chi connectivity index (χ0n) is 65.8. The second-order valence-electron chi connectivity index (χ2n) is 30.9. The fourth-order valence-corrected chi connectivity index (χ4v) is 18.4. The van der Waals surface area contributed by atoms with Gasteiger partial charge >= 0.3 is 0 Å². The van der Waals surface area contributed by atoms with E-state index in [0.29, 0.717) is 12.8 Å². The lowest BCUT2D eigenvalue weighted by Gasteiger charge is -2.36. The monoisotopic (exact) mass is 1810 g/mol. The summed E-state index contributed by atoms with van der Waals surface area (Å²) in [5.74, 6) is -3.41. The zero-order chi connectivity index (χ0) is 88.8. The van der Waals surface area contributed by atoms with Crippen molar-refractivity contribution in [2.24, 2.45) is 21.7 Å². The summed E-state index contributed by atoms with van der Waals surface area (Å²) in [6.07, 6.45) is -5.97. The summed E-state index contributed by atoms with van der Waals surface area (Å²) >= 11 is 0. The number of carbonyl (C=O) groups is 6. The summed E-state index contributed by atoms with van der Waals surface area (Å²) < 4.78 is 123. The number of imidazole rings is 2. The van der Waals surface area contributed by atoms with Crippen molar-refractivity contribution in [3.05, 3.63) is 60.7 Å². The van der Waals surface area contributed by atoms with E-state index in [1.807, 2.05) is 13.8 Å². The Morgan fingerprint density at radius 3 is 1.32 bits per heavy atom. The number of anilines is 2. The number of Topliss-reactive ketones (excluding diaryl/α,β-unsaturated/α-hetero) is 2. The predicted molar refractivity (Wildman–Crippen MR) is 397 cm³/mol. The molecule has 3 fully saturated rings. The number of amides is 4. The number of aliphatic hydroxyl groups excluding tert-OH is 4. The van der Waals surface area contributed by atoms with E-state index >= 15 is 0 Å². The molecular formula is C66H96N14O34P6-8. The molecule has 0 spiro atoms. The Morgan fingerprint density at radius 2 is 0.917 bits per heavy atom. The summed E-state index contributed by atoms with van der Waals surface area (Å²) in [4.78, 5) is 198.